The molecule has 8 nitrogen and oxygen atoms in total. The van der Waals surface area contributed by atoms with E-state index in [0.29, 0.717) is 48.1 Å². The SMILES string of the molecule is Cc1nc2n(c(=O)c1C)C(CC(=O)N1CCC(c3nnc(C(F)(F)F)o3)CC1)CS2. The van der Waals surface area contributed by atoms with Crippen LogP contribution in [-0.2, 0) is 11.0 Å². The van der Waals surface area contributed by atoms with Crippen LogP contribution in [0.2, 0.25) is 0 Å². The first-order valence-corrected chi connectivity index (χ1v) is 10.5. The van der Waals surface area contributed by atoms with E-state index in [9.17, 15) is 22.8 Å². The summed E-state index contributed by atoms with van der Waals surface area (Å²) in [6, 6.07) is -0.250. The third-order valence-corrected chi connectivity index (χ3v) is 6.71. The fourth-order valence-corrected chi connectivity index (χ4v) is 4.92. The van der Waals surface area contributed by atoms with E-state index in [4.69, 9.17) is 4.42 Å². The number of hydrogen-bond acceptors (Lipinski definition) is 7. The maximum Gasteiger partial charge on any atom is 0.470 e. The molecule has 0 spiro atoms. The van der Waals surface area contributed by atoms with Gasteiger partial charge in [0.05, 0.1) is 6.04 Å². The Kier molecular flexibility index (Phi) is 5.37. The Labute approximate surface area is 173 Å². The first-order valence-electron chi connectivity index (χ1n) is 9.56. The number of halogens is 3. The minimum atomic E-state index is -4.67. The van der Waals surface area contributed by atoms with Gasteiger partial charge < -0.3 is 9.32 Å². The Morgan fingerprint density at radius 1 is 1.23 bits per heavy atom. The lowest BCUT2D eigenvalue weighted by atomic mass is 9.96. The monoisotopic (exact) mass is 443 g/mol. The number of piperidine rings is 1. The third kappa shape index (κ3) is 3.84. The van der Waals surface area contributed by atoms with Crippen molar-refractivity contribution in [3.05, 3.63) is 33.4 Å². The maximum absolute atomic E-state index is 12.8. The van der Waals surface area contributed by atoms with Gasteiger partial charge in [-0.1, -0.05) is 11.8 Å². The van der Waals surface area contributed by atoms with Gasteiger partial charge in [-0.05, 0) is 26.7 Å². The number of amides is 1. The molecule has 2 aromatic rings. The van der Waals surface area contributed by atoms with Gasteiger partial charge in [0.25, 0.3) is 5.56 Å². The standard InChI is InChI=1S/C18H20F3N5O3S/c1-9-10(2)22-17-26(15(9)28)12(8-30-17)7-13(27)25-5-3-11(4-6-25)14-23-24-16(29-14)18(19,20)21/h11-12H,3-8H2,1-2H3. The van der Waals surface area contributed by atoms with E-state index in [1.54, 1.807) is 23.3 Å². The lowest BCUT2D eigenvalue weighted by Crippen LogP contribution is -2.39. The number of hydrogen-bond donors (Lipinski definition) is 0. The lowest BCUT2D eigenvalue weighted by Gasteiger charge is -2.31. The van der Waals surface area contributed by atoms with E-state index < -0.39 is 12.1 Å². The third-order valence-electron chi connectivity index (χ3n) is 5.61. The van der Waals surface area contributed by atoms with Gasteiger partial charge in [-0.2, -0.15) is 13.2 Å². The number of alkyl halides is 3. The van der Waals surface area contributed by atoms with E-state index >= 15 is 0 Å². The zero-order valence-electron chi connectivity index (χ0n) is 16.4. The van der Waals surface area contributed by atoms with E-state index in [-0.39, 0.29) is 35.7 Å². The molecule has 0 bridgehead atoms. The van der Waals surface area contributed by atoms with Gasteiger partial charge in [-0.25, -0.2) is 4.98 Å². The first-order chi connectivity index (χ1) is 14.1. The molecule has 2 aliphatic rings. The van der Waals surface area contributed by atoms with Crippen LogP contribution in [0.3, 0.4) is 0 Å². The van der Waals surface area contributed by atoms with Crippen molar-refractivity contribution in [2.24, 2.45) is 0 Å². The zero-order chi connectivity index (χ0) is 21.6. The summed E-state index contributed by atoms with van der Waals surface area (Å²) in [4.78, 5) is 31.5. The minimum Gasteiger partial charge on any atom is -0.417 e. The van der Waals surface area contributed by atoms with Crippen LogP contribution in [0.5, 0.6) is 0 Å². The fourth-order valence-electron chi connectivity index (χ4n) is 3.74. The quantitative estimate of drug-likeness (QED) is 0.674. The predicted octanol–water partition coefficient (Wildman–Crippen LogP) is 2.71. The van der Waals surface area contributed by atoms with Crippen LogP contribution >= 0.6 is 11.8 Å². The van der Waals surface area contributed by atoms with E-state index in [1.807, 2.05) is 0 Å². The molecule has 1 fully saturated rings. The highest BCUT2D eigenvalue weighted by Gasteiger charge is 2.39. The van der Waals surface area contributed by atoms with Gasteiger partial charge in [0, 0.05) is 42.4 Å². The summed E-state index contributed by atoms with van der Waals surface area (Å²) < 4.78 is 44.3. The van der Waals surface area contributed by atoms with E-state index in [1.165, 1.54) is 11.8 Å². The molecule has 0 aliphatic carbocycles. The van der Waals surface area contributed by atoms with Crippen molar-refractivity contribution in [2.75, 3.05) is 18.8 Å². The Hall–Kier alpha value is -2.37. The van der Waals surface area contributed by atoms with E-state index in [2.05, 4.69) is 15.2 Å². The molecule has 30 heavy (non-hydrogen) atoms. The molecule has 4 rings (SSSR count). The van der Waals surface area contributed by atoms with E-state index in [0.717, 1.165) is 0 Å². The molecule has 1 unspecified atom stereocenters. The highest BCUT2D eigenvalue weighted by Crippen LogP contribution is 2.35. The topological polar surface area (TPSA) is 94.1 Å². The molecule has 162 valence electrons. The summed E-state index contributed by atoms with van der Waals surface area (Å²) in [7, 11) is 0. The number of nitrogens with zero attached hydrogens (tertiary/aromatic N) is 5. The molecule has 1 saturated heterocycles. The first kappa shape index (κ1) is 20.9. The van der Waals surface area contributed by atoms with Crippen molar-refractivity contribution in [3.63, 3.8) is 0 Å². The van der Waals surface area contributed by atoms with Gasteiger partial charge in [-0.3, -0.25) is 14.2 Å². The Morgan fingerprint density at radius 3 is 2.57 bits per heavy atom. The largest absolute Gasteiger partial charge is 0.470 e. The number of aromatic nitrogens is 4. The summed E-state index contributed by atoms with van der Waals surface area (Å²) >= 11 is 1.47. The minimum absolute atomic E-state index is 0.0426. The number of rotatable bonds is 3. The molecule has 2 aromatic heterocycles. The van der Waals surface area contributed by atoms with Crippen LogP contribution in [0.1, 0.15) is 54.3 Å². The molecule has 0 N–H and O–H groups in total. The average molecular weight is 443 g/mol. The summed E-state index contributed by atoms with van der Waals surface area (Å²) in [6.45, 7) is 4.30. The fraction of sp³-hybridized carbons (Fsp3) is 0.611. The van der Waals surface area contributed by atoms with Crippen LogP contribution < -0.4 is 5.56 Å². The Bertz CT molecular complexity index is 1030. The second-order valence-corrected chi connectivity index (χ2v) is 8.53. The van der Waals surface area contributed by atoms with Gasteiger partial charge >= 0.3 is 12.1 Å². The molecular formula is C18H20F3N5O3S. The molecule has 4 heterocycles. The highest BCUT2D eigenvalue weighted by molar-refractivity contribution is 7.99. The van der Waals surface area contributed by atoms with Crippen LogP contribution in [-0.4, -0.2) is 49.4 Å². The molecule has 0 saturated carbocycles. The molecule has 12 heteroatoms. The zero-order valence-corrected chi connectivity index (χ0v) is 17.2. The number of thioether (sulfide) groups is 1. The van der Waals surface area contributed by atoms with Crippen LogP contribution in [0.25, 0.3) is 0 Å². The number of aryl methyl sites for hydroxylation is 1. The molecule has 0 aromatic carbocycles. The number of likely N-dealkylation sites (tertiary alicyclic amines) is 1. The van der Waals surface area contributed by atoms with Crippen LogP contribution in [0.4, 0.5) is 13.2 Å². The normalized spacial score (nSPS) is 19.9. The maximum atomic E-state index is 12.8. The van der Waals surface area contributed by atoms with Crippen molar-refractivity contribution in [3.8, 4) is 0 Å². The summed E-state index contributed by atoms with van der Waals surface area (Å²) in [5, 5.41) is 7.22. The van der Waals surface area contributed by atoms with Gasteiger partial charge in [-0.15, -0.1) is 10.2 Å². The molecule has 2 aliphatic heterocycles. The lowest BCUT2D eigenvalue weighted by molar-refractivity contribution is -0.157. The summed E-state index contributed by atoms with van der Waals surface area (Å²) in [6.07, 6.45) is -3.59. The van der Waals surface area contributed by atoms with Crippen molar-refractivity contribution >= 4 is 17.7 Å². The molecule has 0 radical (unpaired) electrons. The van der Waals surface area contributed by atoms with Crippen molar-refractivity contribution < 1.29 is 22.4 Å². The summed E-state index contributed by atoms with van der Waals surface area (Å²) in [5.41, 5.74) is 1.16. The highest BCUT2D eigenvalue weighted by atomic mass is 32.2. The smallest absolute Gasteiger partial charge is 0.417 e. The van der Waals surface area contributed by atoms with Crippen molar-refractivity contribution in [1.82, 2.24) is 24.6 Å². The number of carbonyl (C=O) groups is 1. The van der Waals surface area contributed by atoms with Crippen LogP contribution in [0, 0.1) is 13.8 Å². The molecular weight excluding hydrogens is 423 g/mol. The summed E-state index contributed by atoms with van der Waals surface area (Å²) in [5.74, 6) is -1.18. The van der Waals surface area contributed by atoms with Crippen molar-refractivity contribution in [1.29, 1.82) is 0 Å². The van der Waals surface area contributed by atoms with Gasteiger partial charge in [0.2, 0.25) is 11.8 Å². The number of fused-ring (bicyclic) bond motifs is 1. The average Bonchev–Trinajstić information content (AvgIpc) is 3.34. The predicted molar refractivity (Wildman–Crippen MR) is 100 cm³/mol. The Balaban J connectivity index is 1.38. The molecule has 1 atom stereocenters. The molecule has 1 amide bonds. The van der Waals surface area contributed by atoms with Crippen LogP contribution in [0.15, 0.2) is 14.4 Å². The van der Waals surface area contributed by atoms with Gasteiger partial charge in [0.1, 0.15) is 0 Å². The second kappa shape index (κ2) is 7.71. The Morgan fingerprint density at radius 2 is 1.93 bits per heavy atom. The second-order valence-electron chi connectivity index (χ2n) is 7.55. The van der Waals surface area contributed by atoms with Crippen molar-refractivity contribution in [2.45, 2.75) is 56.4 Å². The van der Waals surface area contributed by atoms with Gasteiger partial charge in [0.15, 0.2) is 5.16 Å². The number of carbonyl (C=O) groups excluding carboxylic acids is 1.